The van der Waals surface area contributed by atoms with Gasteiger partial charge in [0.2, 0.25) is 0 Å². The molecule has 2 aromatic heterocycles. The van der Waals surface area contributed by atoms with Gasteiger partial charge in [0, 0.05) is 72.4 Å². The second-order valence-electron chi connectivity index (χ2n) is 29.3. The number of furan rings is 2. The van der Waals surface area contributed by atoms with E-state index < -0.39 is 0 Å². The summed E-state index contributed by atoms with van der Waals surface area (Å²) in [6, 6.07) is 106. The molecular weight excluding hydrogens is 1170 g/mol. The van der Waals surface area contributed by atoms with Crippen molar-refractivity contribution in [3.63, 3.8) is 0 Å². The Bertz CT molecular complexity index is 5400. The van der Waals surface area contributed by atoms with E-state index in [1.807, 2.05) is 0 Å². The predicted octanol–water partition coefficient (Wildman–Crippen LogP) is 23.6. The van der Waals surface area contributed by atoms with Gasteiger partial charge in [0.1, 0.15) is 16.7 Å². The molecule has 0 N–H and O–H groups in total. The summed E-state index contributed by atoms with van der Waals surface area (Å²) in [5.41, 5.74) is 28.7. The standard InChI is InChI=1S/C90H74BN3O2/c1-88(2,3)64-38-43-68(44-39-64)92(69-45-40-65(41-46-69)89(4,5)6)70-47-48-74-76(56-70)94(75-49-42-66(90(7,8)9)55-73(75)59-30-18-12-19-31-59)78-54-63(62-51-60(57-26-14-10-15-27-57)50-61(52-62)58-28-16-11-17-29-58)53-77-83(78)91(74)84-85(93(77)67-32-20-13-21-33-67)87-82(72-35-23-25-37-80(72)96-87)81-71-34-22-24-36-79(71)95-86(81)84/h10-56H,1-9H3. The largest absolute Gasteiger partial charge is 0.456 e. The molecule has 6 heteroatoms. The number of hydrogen-bond donors (Lipinski definition) is 0. The van der Waals surface area contributed by atoms with Crippen LogP contribution in [-0.2, 0) is 16.2 Å². The van der Waals surface area contributed by atoms with Gasteiger partial charge in [-0.05, 0) is 186 Å². The van der Waals surface area contributed by atoms with Crippen molar-refractivity contribution in [3.8, 4) is 44.5 Å². The van der Waals surface area contributed by atoms with Crippen LogP contribution >= 0.6 is 0 Å². The highest BCUT2D eigenvalue weighted by Gasteiger charge is 2.48. The van der Waals surface area contributed by atoms with Crippen molar-refractivity contribution in [1.82, 2.24) is 0 Å². The number of nitrogens with zero attached hydrogens (tertiary/aromatic N) is 3. The van der Waals surface area contributed by atoms with Crippen LogP contribution in [0.4, 0.5) is 51.2 Å². The molecule has 0 unspecified atom stereocenters. The number of hydrogen-bond acceptors (Lipinski definition) is 5. The molecule has 0 spiro atoms. The van der Waals surface area contributed by atoms with Gasteiger partial charge in [-0.15, -0.1) is 0 Å². The topological polar surface area (TPSA) is 36.0 Å². The molecule has 0 saturated carbocycles. The van der Waals surface area contributed by atoms with Crippen molar-refractivity contribution in [2.45, 2.75) is 78.6 Å². The summed E-state index contributed by atoms with van der Waals surface area (Å²) in [5, 5.41) is 4.19. The first-order valence-corrected chi connectivity index (χ1v) is 33.7. The van der Waals surface area contributed by atoms with Gasteiger partial charge < -0.3 is 23.5 Å². The van der Waals surface area contributed by atoms with E-state index in [1.165, 1.54) is 22.2 Å². The molecule has 2 aliphatic heterocycles. The van der Waals surface area contributed by atoms with Gasteiger partial charge in [-0.3, -0.25) is 0 Å². The average molecular weight is 1240 g/mol. The van der Waals surface area contributed by atoms with Crippen molar-refractivity contribution in [3.05, 3.63) is 302 Å². The Labute approximate surface area is 563 Å². The maximum Gasteiger partial charge on any atom is 0.257 e. The molecule has 13 aromatic carbocycles. The Morgan fingerprint density at radius 3 is 1.27 bits per heavy atom. The molecule has 17 rings (SSSR count). The van der Waals surface area contributed by atoms with E-state index in [-0.39, 0.29) is 23.0 Å². The third kappa shape index (κ3) is 9.75. The summed E-state index contributed by atoms with van der Waals surface area (Å²) >= 11 is 0. The molecule has 96 heavy (non-hydrogen) atoms. The van der Waals surface area contributed by atoms with Gasteiger partial charge >= 0.3 is 0 Å². The maximum atomic E-state index is 7.58. The number of benzene rings is 13. The van der Waals surface area contributed by atoms with Crippen LogP contribution in [0, 0.1) is 0 Å². The van der Waals surface area contributed by atoms with Gasteiger partial charge in [-0.25, -0.2) is 0 Å². The van der Waals surface area contributed by atoms with Crippen LogP contribution in [0.5, 0.6) is 0 Å². The third-order valence-electron chi connectivity index (χ3n) is 20.1. The summed E-state index contributed by atoms with van der Waals surface area (Å²) in [6.45, 7) is 20.3. The van der Waals surface area contributed by atoms with E-state index in [2.05, 4.69) is 362 Å². The number of fused-ring (bicyclic) bond motifs is 13. The van der Waals surface area contributed by atoms with Gasteiger partial charge in [-0.2, -0.15) is 0 Å². The SMILES string of the molecule is CC(C)(C)c1ccc(N(c2ccc(C(C)(C)C)cc2)c2ccc3c(c2)N(c2ccc(C(C)(C)C)cc2-c2ccccc2)c2cc(-c4cc(-c5ccccc5)cc(-c5ccccc5)c4)cc4c2B3c2c(c3oc5ccccc5c3c3c2oc2ccccc23)N4c2ccccc2)cc1. The monoisotopic (exact) mass is 1240 g/mol. The zero-order valence-electron chi connectivity index (χ0n) is 55.9. The summed E-state index contributed by atoms with van der Waals surface area (Å²) in [4.78, 5) is 7.59. The quantitative estimate of drug-likeness (QED) is 0.135. The fraction of sp³-hybridized carbons (Fsp3) is 0.133. The molecule has 0 atom stereocenters. The summed E-state index contributed by atoms with van der Waals surface area (Å²) in [7, 11) is 0. The van der Waals surface area contributed by atoms with Crippen molar-refractivity contribution < 1.29 is 8.83 Å². The first kappa shape index (κ1) is 58.7. The Morgan fingerprint density at radius 2 is 0.740 bits per heavy atom. The first-order chi connectivity index (χ1) is 46.5. The summed E-state index contributed by atoms with van der Waals surface area (Å²) < 4.78 is 15.1. The van der Waals surface area contributed by atoms with Gasteiger partial charge in [0.25, 0.3) is 6.71 Å². The lowest BCUT2D eigenvalue weighted by Crippen LogP contribution is -2.61. The van der Waals surface area contributed by atoms with Crippen LogP contribution in [0.1, 0.15) is 79.0 Å². The van der Waals surface area contributed by atoms with Crippen molar-refractivity contribution in [2.24, 2.45) is 0 Å². The second-order valence-corrected chi connectivity index (χ2v) is 29.3. The summed E-state index contributed by atoms with van der Waals surface area (Å²) in [5.74, 6) is 0. The molecule has 464 valence electrons. The van der Waals surface area contributed by atoms with E-state index in [4.69, 9.17) is 8.83 Å². The first-order valence-electron chi connectivity index (χ1n) is 33.7. The van der Waals surface area contributed by atoms with E-state index >= 15 is 0 Å². The number of rotatable bonds is 9. The molecule has 15 aromatic rings. The molecule has 0 saturated heterocycles. The molecule has 0 amide bonds. The fourth-order valence-electron chi connectivity index (χ4n) is 15.1. The van der Waals surface area contributed by atoms with E-state index in [0.29, 0.717) is 0 Å². The second kappa shape index (κ2) is 22.3. The molecule has 0 aliphatic carbocycles. The molecule has 0 fully saturated rings. The number of para-hydroxylation sites is 3. The lowest BCUT2D eigenvalue weighted by atomic mass is 9.33. The normalized spacial score (nSPS) is 13.0. The predicted molar refractivity (Wildman–Crippen MR) is 408 cm³/mol. The Hall–Kier alpha value is -11.1. The van der Waals surface area contributed by atoms with Crippen molar-refractivity contribution in [1.29, 1.82) is 0 Å². The Morgan fingerprint density at radius 1 is 0.312 bits per heavy atom. The minimum absolute atomic E-state index is 0.0360. The minimum Gasteiger partial charge on any atom is -0.456 e. The highest BCUT2D eigenvalue weighted by Crippen LogP contribution is 2.54. The van der Waals surface area contributed by atoms with Crippen LogP contribution in [-0.4, -0.2) is 6.71 Å². The highest BCUT2D eigenvalue weighted by molar-refractivity contribution is 7.02. The van der Waals surface area contributed by atoms with Gasteiger partial charge in [-0.1, -0.05) is 244 Å². The zero-order valence-corrected chi connectivity index (χ0v) is 55.9. The van der Waals surface area contributed by atoms with Crippen LogP contribution < -0.4 is 31.1 Å². The molecule has 5 nitrogen and oxygen atoms in total. The third-order valence-corrected chi connectivity index (χ3v) is 20.1. The maximum absolute atomic E-state index is 7.58. The van der Waals surface area contributed by atoms with E-state index in [0.717, 1.165) is 150 Å². The average Bonchev–Trinajstić information content (AvgIpc) is 1.16. The molecule has 0 bridgehead atoms. The Balaban J connectivity index is 1.05. The molecule has 2 aliphatic rings. The highest BCUT2D eigenvalue weighted by atomic mass is 16.3. The minimum atomic E-state index is -0.380. The van der Waals surface area contributed by atoms with Gasteiger partial charge in [0.15, 0.2) is 5.58 Å². The van der Waals surface area contributed by atoms with E-state index in [9.17, 15) is 0 Å². The Kier molecular flexibility index (Phi) is 13.6. The van der Waals surface area contributed by atoms with Crippen LogP contribution in [0.3, 0.4) is 0 Å². The smallest absolute Gasteiger partial charge is 0.257 e. The fourth-order valence-corrected chi connectivity index (χ4v) is 15.1. The van der Waals surface area contributed by atoms with Crippen molar-refractivity contribution >= 4 is 118 Å². The van der Waals surface area contributed by atoms with E-state index in [1.54, 1.807) is 0 Å². The van der Waals surface area contributed by atoms with Crippen LogP contribution in [0.2, 0.25) is 0 Å². The van der Waals surface area contributed by atoms with Crippen LogP contribution in [0.15, 0.2) is 294 Å². The lowest BCUT2D eigenvalue weighted by Gasteiger charge is -2.45. The molecule has 4 heterocycles. The molecular formula is C90H74BN3O2. The van der Waals surface area contributed by atoms with Crippen LogP contribution in [0.25, 0.3) is 88.4 Å². The van der Waals surface area contributed by atoms with Gasteiger partial charge in [0.05, 0.1) is 11.4 Å². The zero-order chi connectivity index (χ0) is 65.4. The van der Waals surface area contributed by atoms with Crippen molar-refractivity contribution in [2.75, 3.05) is 14.7 Å². The molecule has 0 radical (unpaired) electrons. The number of anilines is 9. The summed E-state index contributed by atoms with van der Waals surface area (Å²) in [6.07, 6.45) is 0. The lowest BCUT2D eigenvalue weighted by molar-refractivity contribution is 0.590.